The molecule has 1 fully saturated rings. The molecule has 0 saturated carbocycles. The van der Waals surface area contributed by atoms with Crippen molar-refractivity contribution in [1.29, 1.82) is 0 Å². The number of rotatable bonds is 8. The lowest BCUT2D eigenvalue weighted by atomic mass is 9.98. The molecule has 0 atom stereocenters. The Morgan fingerprint density at radius 1 is 0.914 bits per heavy atom. The third-order valence-corrected chi connectivity index (χ3v) is 6.33. The van der Waals surface area contributed by atoms with E-state index in [1.165, 1.54) is 0 Å². The van der Waals surface area contributed by atoms with E-state index in [2.05, 4.69) is 27.2 Å². The van der Waals surface area contributed by atoms with Crippen molar-refractivity contribution < 1.29 is 14.2 Å². The van der Waals surface area contributed by atoms with Crippen molar-refractivity contribution in [3.8, 4) is 23.0 Å². The van der Waals surface area contributed by atoms with Crippen molar-refractivity contribution in [2.75, 3.05) is 39.2 Å². The fourth-order valence-corrected chi connectivity index (χ4v) is 4.24. The van der Waals surface area contributed by atoms with Gasteiger partial charge in [-0.15, -0.1) is 0 Å². The first-order valence-corrected chi connectivity index (χ1v) is 11.9. The van der Waals surface area contributed by atoms with Crippen LogP contribution in [0.15, 0.2) is 73.1 Å². The Bertz CT molecular complexity index is 1260. The lowest BCUT2D eigenvalue weighted by Gasteiger charge is -2.28. The molecule has 7 nitrogen and oxygen atoms in total. The average Bonchev–Trinajstić information content (AvgIpc) is 2.90. The number of ether oxygens (including phenoxy) is 3. The second-order valence-electron chi connectivity index (χ2n) is 8.86. The first-order chi connectivity index (χ1) is 17.2. The lowest BCUT2D eigenvalue weighted by Crippen LogP contribution is -2.32. The first-order valence-electron chi connectivity index (χ1n) is 11.9. The minimum atomic E-state index is 0.558. The molecule has 0 unspecified atom stereocenters. The predicted molar refractivity (Wildman–Crippen MR) is 138 cm³/mol. The maximum atomic E-state index is 6.19. The van der Waals surface area contributed by atoms with Gasteiger partial charge in [-0.3, -0.25) is 0 Å². The largest absolute Gasteiger partial charge is 0.493 e. The van der Waals surface area contributed by atoms with E-state index in [1.807, 2.05) is 66.7 Å². The summed E-state index contributed by atoms with van der Waals surface area (Å²) >= 11 is 0. The summed E-state index contributed by atoms with van der Waals surface area (Å²) in [7, 11) is 3.83. The summed E-state index contributed by atoms with van der Waals surface area (Å²) in [4.78, 5) is 11.3. The number of anilines is 2. The third-order valence-electron chi connectivity index (χ3n) is 6.33. The topological polar surface area (TPSA) is 68.7 Å². The predicted octanol–water partition coefficient (Wildman–Crippen LogP) is 5.89. The Kier molecular flexibility index (Phi) is 6.95. The SMILES string of the molecule is COc1cc2c(Nc3ccc(Oc4ccccc4)cc3)ncnc2cc1OCC1CCN(C)CC1. The van der Waals surface area contributed by atoms with Crippen molar-refractivity contribution >= 4 is 22.4 Å². The fourth-order valence-electron chi connectivity index (χ4n) is 4.24. The van der Waals surface area contributed by atoms with E-state index in [4.69, 9.17) is 14.2 Å². The van der Waals surface area contributed by atoms with Crippen molar-refractivity contribution in [2.24, 2.45) is 5.92 Å². The van der Waals surface area contributed by atoms with Crippen LogP contribution >= 0.6 is 0 Å². The number of nitrogens with zero attached hydrogens (tertiary/aromatic N) is 3. The summed E-state index contributed by atoms with van der Waals surface area (Å²) in [5.41, 5.74) is 1.69. The monoisotopic (exact) mass is 470 g/mol. The lowest BCUT2D eigenvalue weighted by molar-refractivity contribution is 0.157. The molecule has 2 heterocycles. The van der Waals surface area contributed by atoms with Gasteiger partial charge >= 0.3 is 0 Å². The molecular formula is C28H30N4O3. The summed E-state index contributed by atoms with van der Waals surface area (Å²) in [5.74, 6) is 4.22. The minimum Gasteiger partial charge on any atom is -0.493 e. The molecule has 0 spiro atoms. The number of methoxy groups -OCH3 is 1. The maximum Gasteiger partial charge on any atom is 0.163 e. The summed E-state index contributed by atoms with van der Waals surface area (Å²) < 4.78 is 17.7. The number of hydrogen-bond acceptors (Lipinski definition) is 7. The molecule has 1 aliphatic heterocycles. The minimum absolute atomic E-state index is 0.558. The quantitative estimate of drug-likeness (QED) is 0.344. The van der Waals surface area contributed by atoms with Crippen LogP contribution in [0, 0.1) is 5.92 Å². The van der Waals surface area contributed by atoms with Gasteiger partial charge in [-0.2, -0.15) is 0 Å². The van der Waals surface area contributed by atoms with Crippen LogP contribution in [0.5, 0.6) is 23.0 Å². The van der Waals surface area contributed by atoms with Crippen molar-refractivity contribution in [1.82, 2.24) is 14.9 Å². The summed E-state index contributed by atoms with van der Waals surface area (Å²) in [6.07, 6.45) is 3.86. The smallest absolute Gasteiger partial charge is 0.163 e. The molecule has 7 heteroatoms. The molecule has 0 bridgehead atoms. The molecule has 5 rings (SSSR count). The van der Waals surface area contributed by atoms with Gasteiger partial charge in [-0.25, -0.2) is 9.97 Å². The Morgan fingerprint density at radius 2 is 1.66 bits per heavy atom. The van der Waals surface area contributed by atoms with Crippen LogP contribution in [0.4, 0.5) is 11.5 Å². The van der Waals surface area contributed by atoms with Crippen LogP contribution in [0.3, 0.4) is 0 Å². The van der Waals surface area contributed by atoms with E-state index in [0.717, 1.165) is 54.0 Å². The molecule has 1 aromatic heterocycles. The zero-order valence-corrected chi connectivity index (χ0v) is 20.1. The van der Waals surface area contributed by atoms with Gasteiger partial charge in [0.2, 0.25) is 0 Å². The Morgan fingerprint density at radius 3 is 2.40 bits per heavy atom. The Labute approximate surface area is 205 Å². The molecule has 0 amide bonds. The highest BCUT2D eigenvalue weighted by atomic mass is 16.5. The first kappa shape index (κ1) is 22.9. The molecule has 180 valence electrons. The van der Waals surface area contributed by atoms with Crippen LogP contribution in [0.2, 0.25) is 0 Å². The number of aromatic nitrogens is 2. The Hall–Kier alpha value is -3.84. The molecule has 1 aliphatic rings. The highest BCUT2D eigenvalue weighted by Gasteiger charge is 2.19. The molecule has 1 saturated heterocycles. The van der Waals surface area contributed by atoms with Crippen molar-refractivity contribution in [3.63, 3.8) is 0 Å². The van der Waals surface area contributed by atoms with Crippen LogP contribution in [-0.2, 0) is 0 Å². The number of nitrogens with one attached hydrogen (secondary N) is 1. The number of benzene rings is 3. The van der Waals surface area contributed by atoms with Gasteiger partial charge in [0, 0.05) is 17.1 Å². The van der Waals surface area contributed by atoms with E-state index < -0.39 is 0 Å². The van der Waals surface area contributed by atoms with Crippen LogP contribution < -0.4 is 19.5 Å². The van der Waals surface area contributed by atoms with E-state index in [9.17, 15) is 0 Å². The van der Waals surface area contributed by atoms with Gasteiger partial charge in [-0.05, 0) is 81.4 Å². The van der Waals surface area contributed by atoms with Crippen molar-refractivity contribution in [3.05, 3.63) is 73.1 Å². The van der Waals surface area contributed by atoms with Gasteiger partial charge in [0.05, 0.1) is 19.2 Å². The Balaban J connectivity index is 1.31. The molecule has 0 aliphatic carbocycles. The van der Waals surface area contributed by atoms with Crippen molar-refractivity contribution in [2.45, 2.75) is 12.8 Å². The third kappa shape index (κ3) is 5.63. The molecule has 4 aromatic rings. The standard InChI is InChI=1S/C28H30N4O3/c1-32-14-12-20(13-15-32)18-34-27-17-25-24(16-26(27)33-2)28(30-19-29-25)31-21-8-10-23(11-9-21)35-22-6-4-3-5-7-22/h3-11,16-17,19-20H,12-15,18H2,1-2H3,(H,29,30,31). The van der Waals surface area contributed by atoms with Crippen LogP contribution in [0.25, 0.3) is 10.9 Å². The highest BCUT2D eigenvalue weighted by Crippen LogP contribution is 2.35. The summed E-state index contributed by atoms with van der Waals surface area (Å²) in [6, 6.07) is 21.4. The van der Waals surface area contributed by atoms with Crippen LogP contribution in [0.1, 0.15) is 12.8 Å². The zero-order valence-electron chi connectivity index (χ0n) is 20.1. The van der Waals surface area contributed by atoms with Gasteiger partial charge in [0.1, 0.15) is 23.6 Å². The van der Waals surface area contributed by atoms with Gasteiger partial charge < -0.3 is 24.4 Å². The average molecular weight is 471 g/mol. The van der Waals surface area contributed by atoms with Gasteiger partial charge in [0.25, 0.3) is 0 Å². The van der Waals surface area contributed by atoms with Gasteiger partial charge in [0.15, 0.2) is 11.5 Å². The second-order valence-corrected chi connectivity index (χ2v) is 8.86. The number of fused-ring (bicyclic) bond motifs is 1. The number of likely N-dealkylation sites (tertiary alicyclic amines) is 1. The molecule has 3 aromatic carbocycles. The van der Waals surface area contributed by atoms with E-state index in [-0.39, 0.29) is 0 Å². The highest BCUT2D eigenvalue weighted by molar-refractivity contribution is 5.93. The number of hydrogen-bond donors (Lipinski definition) is 1. The van der Waals surface area contributed by atoms with E-state index in [0.29, 0.717) is 29.8 Å². The fraction of sp³-hybridized carbons (Fsp3) is 0.286. The van der Waals surface area contributed by atoms with E-state index in [1.54, 1.807) is 13.4 Å². The molecular weight excluding hydrogens is 440 g/mol. The van der Waals surface area contributed by atoms with E-state index >= 15 is 0 Å². The summed E-state index contributed by atoms with van der Waals surface area (Å²) in [6.45, 7) is 2.91. The van der Waals surface area contributed by atoms with Crippen LogP contribution in [-0.4, -0.2) is 48.7 Å². The molecule has 0 radical (unpaired) electrons. The zero-order chi connectivity index (χ0) is 24.0. The number of piperidine rings is 1. The maximum absolute atomic E-state index is 6.19. The normalized spacial score (nSPS) is 14.6. The summed E-state index contributed by atoms with van der Waals surface area (Å²) in [5, 5.41) is 4.25. The second kappa shape index (κ2) is 10.6. The van der Waals surface area contributed by atoms with Gasteiger partial charge in [-0.1, -0.05) is 18.2 Å². The number of para-hydroxylation sites is 1. The molecule has 1 N–H and O–H groups in total. The molecule has 35 heavy (non-hydrogen) atoms.